The molecule has 4 heteroatoms. The summed E-state index contributed by atoms with van der Waals surface area (Å²) >= 11 is 0. The second kappa shape index (κ2) is 7.93. The zero-order valence-electron chi connectivity index (χ0n) is 10.4. The smallest absolute Gasteiger partial charge is 0.369 e. The Bertz CT molecular complexity index is 166. The first-order valence-electron chi connectivity index (χ1n) is 6.02. The molecule has 1 unspecified atom stereocenters. The molecule has 0 N–H and O–H groups in total. The van der Waals surface area contributed by atoms with Crippen LogP contribution in [0.3, 0.4) is 0 Å². The summed E-state index contributed by atoms with van der Waals surface area (Å²) in [5.41, 5.74) is 0. The van der Waals surface area contributed by atoms with Crippen LogP contribution in [-0.2, 0) is 4.74 Å². The summed E-state index contributed by atoms with van der Waals surface area (Å²) in [6, 6.07) is 0. The predicted octanol–water partition coefficient (Wildman–Crippen LogP) is 4.56. The average Bonchev–Trinajstić information content (AvgIpc) is 2.14. The summed E-state index contributed by atoms with van der Waals surface area (Å²) in [6.07, 6.45) is -0.745. The van der Waals surface area contributed by atoms with E-state index in [-0.39, 0.29) is 6.61 Å². The summed E-state index contributed by atoms with van der Waals surface area (Å²) in [4.78, 5) is 0. The molecule has 0 aromatic heterocycles. The molecule has 0 amide bonds. The second-order valence-corrected chi connectivity index (χ2v) is 4.65. The maximum absolute atomic E-state index is 12.0. The molecule has 0 aromatic carbocycles. The van der Waals surface area contributed by atoms with Gasteiger partial charge in [-0.25, -0.2) is 0 Å². The lowest BCUT2D eigenvalue weighted by Gasteiger charge is -2.16. The number of rotatable bonds is 8. The summed E-state index contributed by atoms with van der Waals surface area (Å²) in [5.74, 6) is 0.710. The molecule has 0 radical (unpaired) electrons. The van der Waals surface area contributed by atoms with Crippen LogP contribution >= 0.6 is 0 Å². The fraction of sp³-hybridized carbons (Fsp3) is 1.00. The summed E-state index contributed by atoms with van der Waals surface area (Å²) in [6.45, 7) is 5.61. The van der Waals surface area contributed by atoms with E-state index in [2.05, 4.69) is 13.8 Å². The van der Waals surface area contributed by atoms with Crippen molar-refractivity contribution >= 4 is 0 Å². The van der Waals surface area contributed by atoms with Crippen LogP contribution in [0.2, 0.25) is 0 Å². The van der Waals surface area contributed by atoms with E-state index in [0.29, 0.717) is 5.92 Å². The van der Waals surface area contributed by atoms with Crippen LogP contribution in [0, 0.1) is 5.92 Å². The van der Waals surface area contributed by atoms with Gasteiger partial charge >= 0.3 is 6.18 Å². The van der Waals surface area contributed by atoms with Gasteiger partial charge in [-0.05, 0) is 19.3 Å². The molecule has 0 heterocycles. The Balaban J connectivity index is 3.28. The molecular weight excluding hydrogens is 217 g/mol. The predicted molar refractivity (Wildman–Crippen MR) is 59.4 cm³/mol. The summed E-state index contributed by atoms with van der Waals surface area (Å²) in [7, 11) is 0. The first kappa shape index (κ1) is 15.8. The molecule has 0 saturated carbocycles. The highest BCUT2D eigenvalue weighted by molar-refractivity contribution is 4.60. The minimum atomic E-state index is -4.22. The van der Waals surface area contributed by atoms with E-state index in [0.717, 1.165) is 32.6 Å². The summed E-state index contributed by atoms with van der Waals surface area (Å²) < 4.78 is 40.8. The highest BCUT2D eigenvalue weighted by Gasteiger charge is 2.36. The third-order valence-corrected chi connectivity index (χ3v) is 2.50. The van der Waals surface area contributed by atoms with E-state index >= 15 is 0 Å². The number of hydrogen-bond acceptors (Lipinski definition) is 1. The minimum absolute atomic E-state index is 0.211. The van der Waals surface area contributed by atoms with Crippen molar-refractivity contribution < 1.29 is 17.9 Å². The van der Waals surface area contributed by atoms with Crippen molar-refractivity contribution in [2.75, 3.05) is 6.61 Å². The molecule has 16 heavy (non-hydrogen) atoms. The lowest BCUT2D eigenvalue weighted by atomic mass is 10.0. The molecule has 0 spiro atoms. The monoisotopic (exact) mass is 240 g/mol. The van der Waals surface area contributed by atoms with E-state index < -0.39 is 12.3 Å². The van der Waals surface area contributed by atoms with Crippen molar-refractivity contribution in [2.45, 2.75) is 65.2 Å². The quantitative estimate of drug-likeness (QED) is 0.565. The van der Waals surface area contributed by atoms with Crippen molar-refractivity contribution in [2.24, 2.45) is 5.92 Å². The first-order valence-corrected chi connectivity index (χ1v) is 6.02. The van der Waals surface area contributed by atoms with Crippen molar-refractivity contribution in [3.05, 3.63) is 0 Å². The zero-order valence-corrected chi connectivity index (χ0v) is 10.4. The van der Waals surface area contributed by atoms with Crippen molar-refractivity contribution in [3.63, 3.8) is 0 Å². The number of hydrogen-bond donors (Lipinski definition) is 0. The Morgan fingerprint density at radius 3 is 2.00 bits per heavy atom. The Kier molecular flexibility index (Phi) is 7.81. The van der Waals surface area contributed by atoms with Gasteiger partial charge in [-0.2, -0.15) is 13.2 Å². The third kappa shape index (κ3) is 9.01. The molecule has 0 rings (SSSR count). The number of ether oxygens (including phenoxy) is 1. The van der Waals surface area contributed by atoms with E-state index in [4.69, 9.17) is 4.74 Å². The Hall–Kier alpha value is -0.250. The molecule has 1 nitrogen and oxygen atoms in total. The SMILES string of the molecule is CC(C)CCCCCCOC(C)C(F)(F)F. The van der Waals surface area contributed by atoms with E-state index in [1.165, 1.54) is 6.42 Å². The Morgan fingerprint density at radius 1 is 0.938 bits per heavy atom. The third-order valence-electron chi connectivity index (χ3n) is 2.50. The lowest BCUT2D eigenvalue weighted by Crippen LogP contribution is -2.28. The van der Waals surface area contributed by atoms with E-state index in [1.807, 2.05) is 0 Å². The second-order valence-electron chi connectivity index (χ2n) is 4.65. The highest BCUT2D eigenvalue weighted by atomic mass is 19.4. The van der Waals surface area contributed by atoms with Crippen LogP contribution in [0.5, 0.6) is 0 Å². The maximum Gasteiger partial charge on any atom is 0.414 e. The largest absolute Gasteiger partial charge is 0.414 e. The van der Waals surface area contributed by atoms with Crippen LogP contribution in [0.4, 0.5) is 13.2 Å². The van der Waals surface area contributed by atoms with Crippen LogP contribution in [-0.4, -0.2) is 18.9 Å². The fourth-order valence-electron chi connectivity index (χ4n) is 1.36. The van der Waals surface area contributed by atoms with Gasteiger partial charge < -0.3 is 4.74 Å². The zero-order chi connectivity index (χ0) is 12.6. The van der Waals surface area contributed by atoms with Gasteiger partial charge in [0, 0.05) is 6.61 Å². The van der Waals surface area contributed by atoms with Gasteiger partial charge in [0.25, 0.3) is 0 Å². The molecule has 0 bridgehead atoms. The normalized spacial score (nSPS) is 14.4. The van der Waals surface area contributed by atoms with Gasteiger partial charge in [0.1, 0.15) is 0 Å². The molecule has 0 aliphatic heterocycles. The van der Waals surface area contributed by atoms with Crippen LogP contribution in [0.25, 0.3) is 0 Å². The van der Waals surface area contributed by atoms with Crippen LogP contribution in [0.1, 0.15) is 52.9 Å². The molecule has 1 atom stereocenters. The first-order chi connectivity index (χ1) is 7.34. The summed E-state index contributed by atoms with van der Waals surface area (Å²) in [5, 5.41) is 0. The average molecular weight is 240 g/mol. The molecule has 0 fully saturated rings. The van der Waals surface area contributed by atoms with Crippen LogP contribution < -0.4 is 0 Å². The molecule has 0 saturated heterocycles. The Morgan fingerprint density at radius 2 is 1.50 bits per heavy atom. The molecule has 0 aliphatic rings. The number of alkyl halides is 3. The molecule has 98 valence electrons. The number of halogens is 3. The molecular formula is C12H23F3O. The Labute approximate surface area is 96.4 Å². The lowest BCUT2D eigenvalue weighted by molar-refractivity contribution is -0.214. The van der Waals surface area contributed by atoms with Gasteiger partial charge in [-0.15, -0.1) is 0 Å². The van der Waals surface area contributed by atoms with Gasteiger partial charge in [0.05, 0.1) is 0 Å². The highest BCUT2D eigenvalue weighted by Crippen LogP contribution is 2.22. The van der Waals surface area contributed by atoms with Gasteiger partial charge in [0.2, 0.25) is 0 Å². The van der Waals surface area contributed by atoms with Crippen LogP contribution in [0.15, 0.2) is 0 Å². The standard InChI is InChI=1S/C12H23F3O/c1-10(2)8-6-4-5-7-9-16-11(3)12(13,14)15/h10-11H,4-9H2,1-3H3. The van der Waals surface area contributed by atoms with Gasteiger partial charge in [-0.3, -0.25) is 0 Å². The fourth-order valence-corrected chi connectivity index (χ4v) is 1.36. The van der Waals surface area contributed by atoms with Crippen molar-refractivity contribution in [1.82, 2.24) is 0 Å². The maximum atomic E-state index is 12.0. The number of unbranched alkanes of at least 4 members (excludes halogenated alkanes) is 3. The van der Waals surface area contributed by atoms with E-state index in [1.54, 1.807) is 0 Å². The van der Waals surface area contributed by atoms with Gasteiger partial charge in [-0.1, -0.05) is 39.5 Å². The molecule has 0 aromatic rings. The van der Waals surface area contributed by atoms with Crippen molar-refractivity contribution in [1.29, 1.82) is 0 Å². The topological polar surface area (TPSA) is 9.23 Å². The van der Waals surface area contributed by atoms with Gasteiger partial charge in [0.15, 0.2) is 6.10 Å². The van der Waals surface area contributed by atoms with E-state index in [9.17, 15) is 13.2 Å². The minimum Gasteiger partial charge on any atom is -0.369 e. The van der Waals surface area contributed by atoms with Crippen molar-refractivity contribution in [3.8, 4) is 0 Å². The molecule has 0 aliphatic carbocycles.